The summed E-state index contributed by atoms with van der Waals surface area (Å²) in [5.74, 6) is 1.27. The third-order valence-corrected chi connectivity index (χ3v) is 7.53. The lowest BCUT2D eigenvalue weighted by atomic mass is 9.96. The highest BCUT2D eigenvalue weighted by molar-refractivity contribution is 5.97. The SMILES string of the molecule is O=C(Nc1cc(Oc2ccc3oc4c(c3c2)CCCC4)cc([N+](=O)[O-])c1)C1CCCN1C(=O)OCc1ccccc1. The number of carbonyl (C=O) groups excluding carboxylic acids is 2. The first-order chi connectivity index (χ1) is 19.9. The summed E-state index contributed by atoms with van der Waals surface area (Å²) in [6, 6.07) is 18.1. The van der Waals surface area contributed by atoms with E-state index in [9.17, 15) is 19.7 Å². The number of nitro benzene ring substituents is 1. The van der Waals surface area contributed by atoms with Gasteiger partial charge in [0.1, 0.15) is 35.5 Å². The maximum atomic E-state index is 13.2. The fourth-order valence-electron chi connectivity index (χ4n) is 5.55. The van der Waals surface area contributed by atoms with Crippen LogP contribution < -0.4 is 10.1 Å². The van der Waals surface area contributed by atoms with Gasteiger partial charge in [0.15, 0.2) is 0 Å². The molecule has 1 N–H and O–H groups in total. The number of furan rings is 1. The largest absolute Gasteiger partial charge is 0.461 e. The summed E-state index contributed by atoms with van der Waals surface area (Å²) in [4.78, 5) is 38.5. The summed E-state index contributed by atoms with van der Waals surface area (Å²) in [7, 11) is 0. The first kappa shape index (κ1) is 26.4. The van der Waals surface area contributed by atoms with Crippen molar-refractivity contribution in [2.75, 3.05) is 11.9 Å². The van der Waals surface area contributed by atoms with Crippen LogP contribution in [0.1, 0.15) is 42.6 Å². The van der Waals surface area contributed by atoms with Gasteiger partial charge >= 0.3 is 6.09 Å². The molecule has 1 fully saturated rings. The Hall–Kier alpha value is -4.86. The van der Waals surface area contributed by atoms with Crippen LogP contribution in [-0.4, -0.2) is 34.4 Å². The number of nitrogens with zero attached hydrogens (tertiary/aromatic N) is 2. The Morgan fingerprint density at radius 1 is 1.00 bits per heavy atom. The minimum atomic E-state index is -0.753. The van der Waals surface area contributed by atoms with Crippen molar-refractivity contribution in [2.45, 2.75) is 51.2 Å². The number of rotatable bonds is 7. The monoisotopic (exact) mass is 555 g/mol. The van der Waals surface area contributed by atoms with Crippen LogP contribution in [0.5, 0.6) is 11.5 Å². The van der Waals surface area contributed by atoms with E-state index in [0.29, 0.717) is 25.1 Å². The standard InChI is InChI=1S/C31H29N3O7/c35-30(27-10-6-14-33(27)31(36)39-19-20-7-2-1-3-8-20)32-21-15-22(34(37)38)17-24(16-21)40-23-12-13-29-26(18-23)25-9-4-5-11-28(25)41-29/h1-3,7-8,12-13,15-18,27H,4-6,9-11,14,19H2,(H,32,35). The van der Waals surface area contributed by atoms with Crippen molar-refractivity contribution >= 4 is 34.3 Å². The van der Waals surface area contributed by atoms with E-state index >= 15 is 0 Å². The van der Waals surface area contributed by atoms with Gasteiger partial charge in [-0.1, -0.05) is 30.3 Å². The number of nitro groups is 1. The molecule has 1 aliphatic carbocycles. The zero-order valence-electron chi connectivity index (χ0n) is 22.3. The second kappa shape index (κ2) is 11.3. The molecule has 0 bridgehead atoms. The number of amides is 2. The van der Waals surface area contributed by atoms with E-state index in [1.807, 2.05) is 42.5 Å². The number of hydrogen-bond acceptors (Lipinski definition) is 7. The number of nitrogens with one attached hydrogen (secondary N) is 1. The molecule has 2 amide bonds. The van der Waals surface area contributed by atoms with Gasteiger partial charge in [-0.3, -0.25) is 19.8 Å². The Kier molecular flexibility index (Phi) is 7.28. The Morgan fingerprint density at radius 2 is 1.83 bits per heavy atom. The van der Waals surface area contributed by atoms with Crippen LogP contribution in [0.25, 0.3) is 11.0 Å². The molecule has 210 valence electrons. The number of ether oxygens (including phenoxy) is 2. The van der Waals surface area contributed by atoms with Crippen molar-refractivity contribution in [1.29, 1.82) is 0 Å². The van der Waals surface area contributed by atoms with E-state index in [1.165, 1.54) is 28.7 Å². The molecule has 6 rings (SSSR count). The average Bonchev–Trinajstić information content (AvgIpc) is 3.62. The van der Waals surface area contributed by atoms with Crippen LogP contribution >= 0.6 is 0 Å². The van der Waals surface area contributed by atoms with Crippen LogP contribution in [0, 0.1) is 10.1 Å². The van der Waals surface area contributed by atoms with Crippen LogP contribution in [-0.2, 0) is 29.0 Å². The maximum Gasteiger partial charge on any atom is 0.410 e. The second-order valence-corrected chi connectivity index (χ2v) is 10.3. The van der Waals surface area contributed by atoms with Crippen molar-refractivity contribution in [3.05, 3.63) is 93.7 Å². The van der Waals surface area contributed by atoms with Crippen LogP contribution in [0.3, 0.4) is 0 Å². The predicted octanol–water partition coefficient (Wildman–Crippen LogP) is 6.75. The van der Waals surface area contributed by atoms with Crippen molar-refractivity contribution in [3.63, 3.8) is 0 Å². The van der Waals surface area contributed by atoms with E-state index in [0.717, 1.165) is 48.0 Å². The summed E-state index contributed by atoms with van der Waals surface area (Å²) in [6.07, 6.45) is 4.58. The molecule has 3 aromatic carbocycles. The quantitative estimate of drug-likeness (QED) is 0.197. The molecule has 1 unspecified atom stereocenters. The van der Waals surface area contributed by atoms with Gasteiger partial charge in [-0.05, 0) is 55.9 Å². The predicted molar refractivity (Wildman–Crippen MR) is 151 cm³/mol. The summed E-state index contributed by atoms with van der Waals surface area (Å²) < 4.78 is 17.5. The number of anilines is 1. The number of likely N-dealkylation sites (tertiary alicyclic amines) is 1. The number of benzene rings is 3. The average molecular weight is 556 g/mol. The lowest BCUT2D eigenvalue weighted by Gasteiger charge is -2.23. The van der Waals surface area contributed by atoms with Crippen molar-refractivity contribution in [2.24, 2.45) is 0 Å². The number of fused-ring (bicyclic) bond motifs is 3. The molecule has 0 saturated carbocycles. The summed E-state index contributed by atoms with van der Waals surface area (Å²) in [5, 5.41) is 15.4. The molecule has 2 aliphatic rings. The van der Waals surface area contributed by atoms with E-state index in [4.69, 9.17) is 13.9 Å². The van der Waals surface area contributed by atoms with E-state index < -0.39 is 23.0 Å². The summed E-state index contributed by atoms with van der Waals surface area (Å²) in [6.45, 7) is 0.485. The molecule has 10 heteroatoms. The molecular weight excluding hydrogens is 526 g/mol. The van der Waals surface area contributed by atoms with E-state index in [1.54, 1.807) is 6.07 Å². The molecule has 2 heterocycles. The molecule has 0 spiro atoms. The first-order valence-electron chi connectivity index (χ1n) is 13.7. The summed E-state index contributed by atoms with van der Waals surface area (Å²) >= 11 is 0. The molecule has 10 nitrogen and oxygen atoms in total. The van der Waals surface area contributed by atoms with Crippen molar-refractivity contribution in [1.82, 2.24) is 4.90 Å². The molecular formula is C31H29N3O7. The Labute approximate surface area is 236 Å². The molecule has 1 aromatic heterocycles. The normalized spacial score (nSPS) is 16.3. The maximum absolute atomic E-state index is 13.2. The minimum absolute atomic E-state index is 0.101. The van der Waals surface area contributed by atoms with Gasteiger partial charge < -0.3 is 19.2 Å². The molecule has 1 saturated heterocycles. The molecule has 41 heavy (non-hydrogen) atoms. The van der Waals surface area contributed by atoms with Gasteiger partial charge in [-0.2, -0.15) is 0 Å². The highest BCUT2D eigenvalue weighted by Gasteiger charge is 2.35. The fourth-order valence-corrected chi connectivity index (χ4v) is 5.55. The van der Waals surface area contributed by atoms with Gasteiger partial charge in [0.05, 0.1) is 16.7 Å². The minimum Gasteiger partial charge on any atom is -0.461 e. The van der Waals surface area contributed by atoms with Crippen molar-refractivity contribution < 1.29 is 28.4 Å². The molecule has 4 aromatic rings. The van der Waals surface area contributed by atoms with Gasteiger partial charge in [-0.25, -0.2) is 4.79 Å². The molecule has 1 aliphatic heterocycles. The van der Waals surface area contributed by atoms with Crippen LogP contribution in [0.15, 0.2) is 71.1 Å². The lowest BCUT2D eigenvalue weighted by molar-refractivity contribution is -0.384. The van der Waals surface area contributed by atoms with Gasteiger partial charge in [0.2, 0.25) is 5.91 Å². The van der Waals surface area contributed by atoms with Gasteiger partial charge in [0, 0.05) is 36.0 Å². The Balaban J connectivity index is 1.18. The van der Waals surface area contributed by atoms with Crippen LogP contribution in [0.4, 0.5) is 16.2 Å². The smallest absolute Gasteiger partial charge is 0.410 e. The Bertz CT molecular complexity index is 1620. The number of hydrogen-bond donors (Lipinski definition) is 1. The number of aryl methyl sites for hydroxylation is 2. The molecule has 1 atom stereocenters. The molecule has 0 radical (unpaired) electrons. The van der Waals surface area contributed by atoms with Crippen molar-refractivity contribution in [3.8, 4) is 11.5 Å². The summed E-state index contributed by atoms with van der Waals surface area (Å²) in [5.41, 5.74) is 2.79. The highest BCUT2D eigenvalue weighted by Crippen LogP contribution is 2.36. The van der Waals surface area contributed by atoms with E-state index in [2.05, 4.69) is 5.32 Å². The number of carbonyl (C=O) groups is 2. The fraction of sp³-hybridized carbons (Fsp3) is 0.290. The van der Waals surface area contributed by atoms with Crippen LogP contribution in [0.2, 0.25) is 0 Å². The van der Waals surface area contributed by atoms with Gasteiger partial charge in [-0.15, -0.1) is 0 Å². The topological polar surface area (TPSA) is 124 Å². The third-order valence-electron chi connectivity index (χ3n) is 7.53. The van der Waals surface area contributed by atoms with Gasteiger partial charge in [0.25, 0.3) is 5.69 Å². The zero-order chi connectivity index (χ0) is 28.3. The zero-order valence-corrected chi connectivity index (χ0v) is 22.3. The lowest BCUT2D eigenvalue weighted by Crippen LogP contribution is -2.43. The highest BCUT2D eigenvalue weighted by atomic mass is 16.6. The number of non-ortho nitro benzene ring substituents is 1. The van der Waals surface area contributed by atoms with E-state index in [-0.39, 0.29) is 23.7 Å². The first-order valence-corrected chi connectivity index (χ1v) is 13.7. The Morgan fingerprint density at radius 3 is 2.66 bits per heavy atom. The second-order valence-electron chi connectivity index (χ2n) is 10.3. The third kappa shape index (κ3) is 5.72.